The van der Waals surface area contributed by atoms with E-state index in [0.717, 1.165) is 4.68 Å². The third-order valence-corrected chi connectivity index (χ3v) is 5.49. The second-order valence-electron chi connectivity index (χ2n) is 7.44. The molecule has 3 aromatic rings. The SMILES string of the molecule is Cc1nn(Cc2c(C(=O)N3CCC(C(F)(F)F)n4nccc43)noc2C)c(C)c1[N+](=O)[O-]. The first-order valence-corrected chi connectivity index (χ1v) is 9.56. The van der Waals surface area contributed by atoms with Crippen molar-refractivity contribution in [1.82, 2.24) is 24.7 Å². The minimum atomic E-state index is -4.50. The molecule has 1 atom stereocenters. The van der Waals surface area contributed by atoms with Crippen molar-refractivity contribution in [1.29, 1.82) is 0 Å². The molecule has 1 amide bonds. The van der Waals surface area contributed by atoms with Gasteiger partial charge in [-0.25, -0.2) is 4.68 Å². The van der Waals surface area contributed by atoms with Crippen molar-refractivity contribution < 1.29 is 27.4 Å². The number of amides is 1. The maximum absolute atomic E-state index is 13.3. The predicted molar refractivity (Wildman–Crippen MR) is 102 cm³/mol. The van der Waals surface area contributed by atoms with Crippen molar-refractivity contribution in [2.24, 2.45) is 0 Å². The van der Waals surface area contributed by atoms with Crippen LogP contribution < -0.4 is 4.90 Å². The number of aryl methyl sites for hydroxylation is 2. The van der Waals surface area contributed by atoms with Crippen LogP contribution >= 0.6 is 0 Å². The third-order valence-electron chi connectivity index (χ3n) is 5.49. The highest BCUT2D eigenvalue weighted by atomic mass is 19.4. The van der Waals surface area contributed by atoms with Crippen molar-refractivity contribution in [2.75, 3.05) is 11.4 Å². The van der Waals surface area contributed by atoms with Crippen molar-refractivity contribution in [2.45, 2.75) is 46.0 Å². The van der Waals surface area contributed by atoms with Gasteiger partial charge >= 0.3 is 11.9 Å². The number of nitro groups is 1. The van der Waals surface area contributed by atoms with Gasteiger partial charge in [0.1, 0.15) is 23.0 Å². The lowest BCUT2D eigenvalue weighted by Crippen LogP contribution is -2.43. The molecule has 4 rings (SSSR count). The molecule has 0 radical (unpaired) electrons. The Bertz CT molecular complexity index is 1210. The van der Waals surface area contributed by atoms with Gasteiger partial charge in [0.25, 0.3) is 5.91 Å². The highest BCUT2D eigenvalue weighted by Crippen LogP contribution is 2.39. The van der Waals surface area contributed by atoms with Crippen LogP contribution in [0.2, 0.25) is 0 Å². The summed E-state index contributed by atoms with van der Waals surface area (Å²) in [5.41, 5.74) is 0.601. The highest BCUT2D eigenvalue weighted by molar-refractivity contribution is 6.05. The Morgan fingerprint density at radius 3 is 2.69 bits per heavy atom. The van der Waals surface area contributed by atoms with E-state index in [1.54, 1.807) is 6.92 Å². The fourth-order valence-corrected chi connectivity index (χ4v) is 3.89. The molecule has 0 N–H and O–H groups in total. The van der Waals surface area contributed by atoms with E-state index in [0.29, 0.717) is 11.3 Å². The lowest BCUT2D eigenvalue weighted by atomic mass is 10.1. The van der Waals surface area contributed by atoms with Crippen LogP contribution in [0, 0.1) is 30.9 Å². The zero-order chi connectivity index (χ0) is 23.4. The van der Waals surface area contributed by atoms with Crippen molar-refractivity contribution >= 4 is 17.4 Å². The molecule has 1 aliphatic heterocycles. The molecule has 0 saturated carbocycles. The maximum atomic E-state index is 13.3. The zero-order valence-corrected chi connectivity index (χ0v) is 17.3. The Labute approximate surface area is 178 Å². The third kappa shape index (κ3) is 3.40. The van der Waals surface area contributed by atoms with Crippen LogP contribution in [0.4, 0.5) is 24.7 Å². The molecule has 1 unspecified atom stereocenters. The van der Waals surface area contributed by atoms with Gasteiger partial charge in [-0.3, -0.25) is 24.5 Å². The maximum Gasteiger partial charge on any atom is 0.410 e. The number of hydrogen-bond donors (Lipinski definition) is 0. The number of aromatic nitrogens is 5. The van der Waals surface area contributed by atoms with Gasteiger partial charge in [-0.1, -0.05) is 5.16 Å². The second-order valence-corrected chi connectivity index (χ2v) is 7.44. The monoisotopic (exact) mass is 453 g/mol. The fourth-order valence-electron chi connectivity index (χ4n) is 3.89. The summed E-state index contributed by atoms with van der Waals surface area (Å²) in [5, 5.41) is 23.0. The number of alkyl halides is 3. The molecule has 1 aliphatic rings. The van der Waals surface area contributed by atoms with Crippen LogP contribution in [-0.2, 0) is 6.54 Å². The van der Waals surface area contributed by atoms with Crippen LogP contribution in [0.15, 0.2) is 16.8 Å². The molecule has 0 bridgehead atoms. The van der Waals surface area contributed by atoms with E-state index < -0.39 is 23.0 Å². The summed E-state index contributed by atoms with van der Waals surface area (Å²) in [7, 11) is 0. The molecule has 0 saturated heterocycles. The average molecular weight is 453 g/mol. The summed E-state index contributed by atoms with van der Waals surface area (Å²) in [5.74, 6) is -0.366. The first-order valence-electron chi connectivity index (χ1n) is 9.56. The Kier molecular flexibility index (Phi) is 5.02. The van der Waals surface area contributed by atoms with E-state index in [1.165, 1.54) is 35.7 Å². The lowest BCUT2D eigenvalue weighted by molar-refractivity contribution is -0.386. The number of rotatable bonds is 4. The Balaban J connectivity index is 1.68. The van der Waals surface area contributed by atoms with E-state index in [2.05, 4.69) is 15.4 Å². The summed E-state index contributed by atoms with van der Waals surface area (Å²) in [6.45, 7) is 4.38. The van der Waals surface area contributed by atoms with Crippen LogP contribution in [0.25, 0.3) is 0 Å². The van der Waals surface area contributed by atoms with Crippen LogP contribution in [0.3, 0.4) is 0 Å². The van der Waals surface area contributed by atoms with Crippen molar-refractivity contribution in [3.8, 4) is 0 Å². The molecular formula is C18H18F3N7O4. The van der Waals surface area contributed by atoms with Gasteiger partial charge in [-0.05, 0) is 27.2 Å². The molecule has 4 heterocycles. The van der Waals surface area contributed by atoms with E-state index >= 15 is 0 Å². The fraction of sp³-hybridized carbons (Fsp3) is 0.444. The lowest BCUT2D eigenvalue weighted by Gasteiger charge is -2.33. The van der Waals surface area contributed by atoms with Gasteiger partial charge in [0, 0.05) is 18.2 Å². The highest BCUT2D eigenvalue weighted by Gasteiger charge is 2.46. The minimum Gasteiger partial charge on any atom is -0.361 e. The van der Waals surface area contributed by atoms with Crippen molar-refractivity contribution in [3.63, 3.8) is 0 Å². The van der Waals surface area contributed by atoms with E-state index in [4.69, 9.17) is 4.52 Å². The topological polar surface area (TPSA) is 125 Å². The standard InChI is InChI=1S/C18H18F3N7O4/c1-9-16(28(30)31)10(2)26(23-9)8-12-11(3)32-24-15(12)17(29)25-7-5-13(18(19,20)21)27-14(25)4-6-22-27/h4,6,13H,5,7-8H2,1-3H3. The average Bonchev–Trinajstić information content (AvgIpc) is 3.39. The number of nitrogens with zero attached hydrogens (tertiary/aromatic N) is 7. The molecule has 32 heavy (non-hydrogen) atoms. The van der Waals surface area contributed by atoms with Gasteiger partial charge in [-0.15, -0.1) is 0 Å². The summed E-state index contributed by atoms with van der Waals surface area (Å²) in [6, 6.07) is -0.502. The smallest absolute Gasteiger partial charge is 0.361 e. The molecular weight excluding hydrogens is 435 g/mol. The number of carbonyl (C=O) groups is 1. The summed E-state index contributed by atoms with van der Waals surface area (Å²) < 4.78 is 47.3. The summed E-state index contributed by atoms with van der Waals surface area (Å²) in [4.78, 5) is 25.1. The van der Waals surface area contributed by atoms with Crippen LogP contribution in [0.1, 0.15) is 45.7 Å². The molecule has 170 valence electrons. The van der Waals surface area contributed by atoms with E-state index in [9.17, 15) is 28.1 Å². The molecule has 0 spiro atoms. The Morgan fingerprint density at radius 1 is 1.34 bits per heavy atom. The largest absolute Gasteiger partial charge is 0.410 e. The predicted octanol–water partition coefficient (Wildman–Crippen LogP) is 3.10. The quantitative estimate of drug-likeness (QED) is 0.439. The molecule has 11 nitrogen and oxygen atoms in total. The number of halogens is 3. The first kappa shape index (κ1) is 21.5. The number of anilines is 1. The summed E-state index contributed by atoms with van der Waals surface area (Å²) in [6.07, 6.45) is -3.67. The minimum absolute atomic E-state index is 0.00284. The number of fused-ring (bicyclic) bond motifs is 1. The molecule has 14 heteroatoms. The number of hydrogen-bond acceptors (Lipinski definition) is 7. The normalized spacial score (nSPS) is 16.3. The molecule has 0 fully saturated rings. The van der Waals surface area contributed by atoms with Gasteiger partial charge in [0.15, 0.2) is 11.7 Å². The first-order chi connectivity index (χ1) is 15.0. The van der Waals surface area contributed by atoms with Gasteiger partial charge in [0.2, 0.25) is 0 Å². The zero-order valence-electron chi connectivity index (χ0n) is 17.3. The number of carbonyl (C=O) groups excluding carboxylic acids is 1. The molecule has 0 aliphatic carbocycles. The Morgan fingerprint density at radius 2 is 2.06 bits per heavy atom. The van der Waals surface area contributed by atoms with E-state index in [1.807, 2.05) is 0 Å². The second kappa shape index (κ2) is 7.46. The Hall–Kier alpha value is -3.71. The molecule has 0 aromatic carbocycles. The van der Waals surface area contributed by atoms with Gasteiger partial charge in [-0.2, -0.15) is 23.4 Å². The van der Waals surface area contributed by atoms with Gasteiger partial charge < -0.3 is 4.52 Å². The van der Waals surface area contributed by atoms with Crippen molar-refractivity contribution in [3.05, 3.63) is 50.8 Å². The molecule has 3 aromatic heterocycles. The summed E-state index contributed by atoms with van der Waals surface area (Å²) >= 11 is 0. The van der Waals surface area contributed by atoms with Crippen LogP contribution in [-0.4, -0.2) is 48.3 Å². The van der Waals surface area contributed by atoms with E-state index in [-0.39, 0.29) is 48.1 Å². The van der Waals surface area contributed by atoms with Gasteiger partial charge in [0.05, 0.1) is 17.7 Å². The van der Waals surface area contributed by atoms with Crippen LogP contribution in [0.5, 0.6) is 0 Å².